The number of fused-ring (bicyclic) bond motifs is 1. The lowest BCUT2D eigenvalue weighted by molar-refractivity contribution is 0.415. The molecule has 1 N–H and O–H groups in total. The van der Waals surface area contributed by atoms with E-state index >= 15 is 0 Å². The molecule has 4 rings (SSSR count). The first-order chi connectivity index (χ1) is 12.6. The Balaban J connectivity index is 1.77. The van der Waals surface area contributed by atoms with E-state index in [1.807, 2.05) is 37.3 Å². The third-order valence-corrected chi connectivity index (χ3v) is 4.12. The summed E-state index contributed by atoms with van der Waals surface area (Å²) in [5, 5.41) is 7.82. The van der Waals surface area contributed by atoms with Gasteiger partial charge in [-0.05, 0) is 48.9 Å². The van der Waals surface area contributed by atoms with Gasteiger partial charge in [0.2, 0.25) is 0 Å². The molecule has 6 heteroatoms. The predicted molar refractivity (Wildman–Crippen MR) is 99.4 cm³/mol. The number of aryl methyl sites for hydroxylation is 1. The number of hydrogen-bond donors (Lipinski definition) is 1. The Labute approximate surface area is 150 Å². The third-order valence-electron chi connectivity index (χ3n) is 4.12. The summed E-state index contributed by atoms with van der Waals surface area (Å²) in [6, 6.07) is 15.9. The molecule has 0 amide bonds. The zero-order valence-electron chi connectivity index (χ0n) is 14.4. The summed E-state index contributed by atoms with van der Waals surface area (Å²) in [7, 11) is 1.64. The number of benzene rings is 2. The molecule has 0 saturated heterocycles. The van der Waals surface area contributed by atoms with Crippen LogP contribution in [-0.4, -0.2) is 21.7 Å². The summed E-state index contributed by atoms with van der Waals surface area (Å²) in [4.78, 5) is 4.61. The average molecular weight is 348 g/mol. The average Bonchev–Trinajstić information content (AvgIpc) is 3.07. The molecule has 2 aromatic heterocycles. The van der Waals surface area contributed by atoms with Gasteiger partial charge in [0.25, 0.3) is 0 Å². The highest BCUT2D eigenvalue weighted by atomic mass is 19.1. The van der Waals surface area contributed by atoms with E-state index in [1.165, 1.54) is 12.1 Å². The van der Waals surface area contributed by atoms with Gasteiger partial charge in [-0.1, -0.05) is 12.1 Å². The van der Waals surface area contributed by atoms with Crippen LogP contribution in [0.4, 0.5) is 15.9 Å². The van der Waals surface area contributed by atoms with E-state index in [0.717, 1.165) is 34.1 Å². The highest BCUT2D eigenvalue weighted by Crippen LogP contribution is 2.27. The van der Waals surface area contributed by atoms with Gasteiger partial charge < -0.3 is 10.1 Å². The normalized spacial score (nSPS) is 10.9. The maximum absolute atomic E-state index is 13.2. The van der Waals surface area contributed by atoms with E-state index in [9.17, 15) is 4.39 Å². The molecule has 0 aliphatic heterocycles. The van der Waals surface area contributed by atoms with Crippen molar-refractivity contribution in [3.63, 3.8) is 0 Å². The Bertz CT molecular complexity index is 1060. The molecule has 0 aliphatic rings. The first kappa shape index (κ1) is 16.1. The molecular weight excluding hydrogens is 331 g/mol. The second kappa shape index (κ2) is 6.48. The van der Waals surface area contributed by atoms with Crippen LogP contribution >= 0.6 is 0 Å². The zero-order valence-corrected chi connectivity index (χ0v) is 14.4. The largest absolute Gasteiger partial charge is 0.497 e. The van der Waals surface area contributed by atoms with Gasteiger partial charge in [-0.3, -0.25) is 0 Å². The van der Waals surface area contributed by atoms with Gasteiger partial charge in [0.1, 0.15) is 17.4 Å². The maximum atomic E-state index is 13.2. The molecule has 2 heterocycles. The summed E-state index contributed by atoms with van der Waals surface area (Å²) in [5.41, 5.74) is 4.21. The van der Waals surface area contributed by atoms with Gasteiger partial charge in [-0.15, -0.1) is 0 Å². The first-order valence-electron chi connectivity index (χ1n) is 8.16. The van der Waals surface area contributed by atoms with Crippen LogP contribution < -0.4 is 10.1 Å². The SMILES string of the molecule is COc1ccc(Nc2cc(C)nc3c(-c4ccc(F)cc4)cnn23)cc1. The quantitative estimate of drug-likeness (QED) is 0.586. The van der Waals surface area contributed by atoms with Crippen molar-refractivity contribution in [3.05, 3.63) is 72.3 Å². The maximum Gasteiger partial charge on any atom is 0.165 e. The number of anilines is 2. The smallest absolute Gasteiger partial charge is 0.165 e. The van der Waals surface area contributed by atoms with Crippen molar-refractivity contribution in [1.82, 2.24) is 14.6 Å². The van der Waals surface area contributed by atoms with Gasteiger partial charge in [0.05, 0.1) is 13.3 Å². The molecule has 0 radical (unpaired) electrons. The molecule has 0 bridgehead atoms. The fourth-order valence-electron chi connectivity index (χ4n) is 2.83. The zero-order chi connectivity index (χ0) is 18.1. The van der Waals surface area contributed by atoms with E-state index in [4.69, 9.17) is 4.74 Å². The van der Waals surface area contributed by atoms with E-state index in [2.05, 4.69) is 15.4 Å². The Morgan fingerprint density at radius 3 is 2.46 bits per heavy atom. The Morgan fingerprint density at radius 1 is 1.04 bits per heavy atom. The van der Waals surface area contributed by atoms with E-state index < -0.39 is 0 Å². The van der Waals surface area contributed by atoms with Crippen molar-refractivity contribution in [2.75, 3.05) is 12.4 Å². The van der Waals surface area contributed by atoms with Crippen LogP contribution in [0.25, 0.3) is 16.8 Å². The number of nitrogens with one attached hydrogen (secondary N) is 1. The van der Waals surface area contributed by atoms with Crippen LogP contribution in [0.15, 0.2) is 60.8 Å². The molecule has 0 saturated carbocycles. The fourth-order valence-corrected chi connectivity index (χ4v) is 2.83. The number of halogens is 1. The number of nitrogens with zero attached hydrogens (tertiary/aromatic N) is 3. The Kier molecular flexibility index (Phi) is 4.01. The molecule has 4 aromatic rings. The van der Waals surface area contributed by atoms with Crippen molar-refractivity contribution >= 4 is 17.2 Å². The molecule has 0 aliphatic carbocycles. The second-order valence-corrected chi connectivity index (χ2v) is 5.94. The van der Waals surface area contributed by atoms with Gasteiger partial charge in [-0.2, -0.15) is 9.61 Å². The summed E-state index contributed by atoms with van der Waals surface area (Å²) in [5.74, 6) is 1.33. The summed E-state index contributed by atoms with van der Waals surface area (Å²) < 4.78 is 20.1. The molecule has 5 nitrogen and oxygen atoms in total. The van der Waals surface area contributed by atoms with Crippen LogP contribution in [-0.2, 0) is 0 Å². The van der Waals surface area contributed by atoms with Crippen molar-refractivity contribution < 1.29 is 9.13 Å². The summed E-state index contributed by atoms with van der Waals surface area (Å²) in [6.45, 7) is 1.93. The van der Waals surface area contributed by atoms with Gasteiger partial charge in [-0.25, -0.2) is 9.37 Å². The van der Waals surface area contributed by atoms with Gasteiger partial charge >= 0.3 is 0 Å². The van der Waals surface area contributed by atoms with Crippen molar-refractivity contribution in [2.24, 2.45) is 0 Å². The van der Waals surface area contributed by atoms with Crippen LogP contribution in [0.1, 0.15) is 5.69 Å². The number of ether oxygens (including phenoxy) is 1. The molecular formula is C20H17FN4O. The standard InChI is InChI=1S/C20H17FN4O/c1-13-11-19(24-16-7-9-17(26-2)10-8-16)25-20(23-13)18(12-22-25)14-3-5-15(21)6-4-14/h3-12,24H,1-2H3. The van der Waals surface area contributed by atoms with Gasteiger partial charge in [0, 0.05) is 23.0 Å². The van der Waals surface area contributed by atoms with E-state index in [1.54, 1.807) is 30.0 Å². The Morgan fingerprint density at radius 2 is 1.77 bits per heavy atom. The second-order valence-electron chi connectivity index (χ2n) is 5.94. The number of rotatable bonds is 4. The lowest BCUT2D eigenvalue weighted by Crippen LogP contribution is -2.02. The fraction of sp³-hybridized carbons (Fsp3) is 0.100. The minimum atomic E-state index is -0.267. The number of hydrogen-bond acceptors (Lipinski definition) is 4. The summed E-state index contributed by atoms with van der Waals surface area (Å²) in [6.07, 6.45) is 1.74. The topological polar surface area (TPSA) is 51.5 Å². The van der Waals surface area contributed by atoms with Crippen molar-refractivity contribution in [2.45, 2.75) is 6.92 Å². The van der Waals surface area contributed by atoms with Crippen molar-refractivity contribution in [3.8, 4) is 16.9 Å². The number of aromatic nitrogens is 3. The molecule has 0 unspecified atom stereocenters. The highest BCUT2D eigenvalue weighted by molar-refractivity contribution is 5.78. The first-order valence-corrected chi connectivity index (χ1v) is 8.16. The van der Waals surface area contributed by atoms with E-state index in [0.29, 0.717) is 5.65 Å². The molecule has 26 heavy (non-hydrogen) atoms. The lowest BCUT2D eigenvalue weighted by Gasteiger charge is -2.10. The Hall–Kier alpha value is -3.41. The predicted octanol–water partition coefficient (Wildman–Crippen LogP) is 4.60. The summed E-state index contributed by atoms with van der Waals surface area (Å²) >= 11 is 0. The van der Waals surface area contributed by atoms with Crippen LogP contribution in [0.2, 0.25) is 0 Å². The molecule has 0 atom stereocenters. The van der Waals surface area contributed by atoms with Crippen LogP contribution in [0, 0.1) is 12.7 Å². The van der Waals surface area contributed by atoms with E-state index in [-0.39, 0.29) is 5.82 Å². The molecule has 0 spiro atoms. The molecule has 0 fully saturated rings. The lowest BCUT2D eigenvalue weighted by atomic mass is 10.1. The monoisotopic (exact) mass is 348 g/mol. The van der Waals surface area contributed by atoms with Crippen LogP contribution in [0.3, 0.4) is 0 Å². The van der Waals surface area contributed by atoms with Gasteiger partial charge in [0.15, 0.2) is 5.65 Å². The van der Waals surface area contributed by atoms with Crippen LogP contribution in [0.5, 0.6) is 5.75 Å². The minimum absolute atomic E-state index is 0.267. The number of methoxy groups -OCH3 is 1. The van der Waals surface area contributed by atoms with Crippen molar-refractivity contribution in [1.29, 1.82) is 0 Å². The molecule has 130 valence electrons. The molecule has 2 aromatic carbocycles. The minimum Gasteiger partial charge on any atom is -0.497 e. The highest BCUT2D eigenvalue weighted by Gasteiger charge is 2.12. The third kappa shape index (κ3) is 2.97.